The molecule has 1 heterocycles. The molecule has 0 radical (unpaired) electrons. The fourth-order valence-corrected chi connectivity index (χ4v) is 2.16. The first kappa shape index (κ1) is 14.3. The molecule has 0 unspecified atom stereocenters. The summed E-state index contributed by atoms with van der Waals surface area (Å²) in [5.41, 5.74) is 6.61. The Bertz CT molecular complexity index is 618. The van der Waals surface area contributed by atoms with Crippen molar-refractivity contribution in [2.24, 2.45) is 5.73 Å². The molecule has 1 aromatic carbocycles. The summed E-state index contributed by atoms with van der Waals surface area (Å²) in [6, 6.07) is 11.3. The van der Waals surface area contributed by atoms with Crippen molar-refractivity contribution in [2.75, 3.05) is 12.0 Å². The van der Waals surface area contributed by atoms with E-state index in [2.05, 4.69) is 20.9 Å². The number of benzene rings is 1. The van der Waals surface area contributed by atoms with Gasteiger partial charge in [0.15, 0.2) is 5.96 Å². The van der Waals surface area contributed by atoms with E-state index in [9.17, 15) is 0 Å². The molecule has 0 bridgehead atoms. The number of nitrogens with one attached hydrogen (secondary N) is 1. The van der Waals surface area contributed by atoms with Crippen molar-refractivity contribution in [3.8, 4) is 5.75 Å². The van der Waals surface area contributed by atoms with Crippen LogP contribution >= 0.6 is 15.9 Å². The maximum atomic E-state index is 7.74. The molecular weight excluding hydrogens is 320 g/mol. The third kappa shape index (κ3) is 3.27. The summed E-state index contributed by atoms with van der Waals surface area (Å²) in [6.07, 6.45) is 1.66. The van der Waals surface area contributed by atoms with E-state index in [1.165, 1.54) is 0 Å². The molecule has 0 amide bonds. The predicted molar refractivity (Wildman–Crippen MR) is 83.0 cm³/mol. The van der Waals surface area contributed by atoms with Crippen LogP contribution in [-0.4, -0.2) is 18.1 Å². The molecule has 20 heavy (non-hydrogen) atoms. The van der Waals surface area contributed by atoms with Gasteiger partial charge in [0, 0.05) is 16.2 Å². The summed E-state index contributed by atoms with van der Waals surface area (Å²) in [4.78, 5) is 5.86. The van der Waals surface area contributed by atoms with Gasteiger partial charge in [-0.1, -0.05) is 34.1 Å². The molecule has 2 rings (SSSR count). The van der Waals surface area contributed by atoms with E-state index in [0.29, 0.717) is 12.4 Å². The normalized spacial score (nSPS) is 10.1. The Hall–Kier alpha value is -2.08. The molecule has 0 atom stereocenters. The van der Waals surface area contributed by atoms with Gasteiger partial charge < -0.3 is 10.5 Å². The molecule has 0 aliphatic heterocycles. The van der Waals surface area contributed by atoms with Crippen LogP contribution < -0.4 is 15.4 Å². The number of nitrogens with zero attached hydrogens (tertiary/aromatic N) is 2. The van der Waals surface area contributed by atoms with Crippen LogP contribution in [0.1, 0.15) is 5.56 Å². The smallest absolute Gasteiger partial charge is 0.194 e. The number of ether oxygens (including phenoxy) is 1. The predicted octanol–water partition coefficient (Wildman–Crippen LogP) is 2.75. The Kier molecular flexibility index (Phi) is 4.57. The lowest BCUT2D eigenvalue weighted by Gasteiger charge is -2.22. The lowest BCUT2D eigenvalue weighted by atomic mass is 10.2. The number of halogens is 1. The average Bonchev–Trinajstić information content (AvgIpc) is 2.44. The second kappa shape index (κ2) is 6.38. The van der Waals surface area contributed by atoms with Gasteiger partial charge >= 0.3 is 0 Å². The zero-order chi connectivity index (χ0) is 14.5. The van der Waals surface area contributed by atoms with Crippen LogP contribution in [0, 0.1) is 5.41 Å². The topological polar surface area (TPSA) is 75.2 Å². The van der Waals surface area contributed by atoms with Crippen molar-refractivity contribution >= 4 is 27.7 Å². The highest BCUT2D eigenvalue weighted by atomic mass is 79.9. The van der Waals surface area contributed by atoms with E-state index in [1.54, 1.807) is 18.2 Å². The molecule has 0 saturated carbocycles. The van der Waals surface area contributed by atoms with Gasteiger partial charge in [-0.2, -0.15) is 0 Å². The highest BCUT2D eigenvalue weighted by Gasteiger charge is 2.14. The standard InChI is InChI=1S/C14H15BrN4O/c1-20-12-5-3-2-4-10(12)9-19(14(16)17)13-8-11(15)6-7-18-13/h2-8H,9H2,1H3,(H3,16,17). The van der Waals surface area contributed by atoms with Crippen molar-refractivity contribution < 1.29 is 4.74 Å². The van der Waals surface area contributed by atoms with Crippen molar-refractivity contribution in [3.63, 3.8) is 0 Å². The van der Waals surface area contributed by atoms with Gasteiger partial charge in [0.2, 0.25) is 0 Å². The average molecular weight is 335 g/mol. The Balaban J connectivity index is 2.33. The molecule has 5 nitrogen and oxygen atoms in total. The number of hydrogen-bond acceptors (Lipinski definition) is 3. The highest BCUT2D eigenvalue weighted by molar-refractivity contribution is 9.10. The molecule has 0 aliphatic carbocycles. The molecule has 2 aromatic rings. The minimum Gasteiger partial charge on any atom is -0.496 e. The Morgan fingerprint density at radius 3 is 2.80 bits per heavy atom. The number of anilines is 1. The lowest BCUT2D eigenvalue weighted by molar-refractivity contribution is 0.410. The van der Waals surface area contributed by atoms with E-state index in [-0.39, 0.29) is 5.96 Å². The van der Waals surface area contributed by atoms with E-state index in [0.717, 1.165) is 15.8 Å². The number of aromatic nitrogens is 1. The largest absolute Gasteiger partial charge is 0.496 e. The van der Waals surface area contributed by atoms with Gasteiger partial charge in [0.1, 0.15) is 11.6 Å². The minimum absolute atomic E-state index is 0.0680. The van der Waals surface area contributed by atoms with E-state index < -0.39 is 0 Å². The van der Waals surface area contributed by atoms with Gasteiger partial charge in [-0.3, -0.25) is 10.3 Å². The van der Waals surface area contributed by atoms with Crippen LogP contribution in [0.3, 0.4) is 0 Å². The van der Waals surface area contributed by atoms with E-state index in [4.69, 9.17) is 15.9 Å². The van der Waals surface area contributed by atoms with E-state index in [1.807, 2.05) is 36.4 Å². The van der Waals surface area contributed by atoms with Gasteiger partial charge in [0.05, 0.1) is 13.7 Å². The van der Waals surface area contributed by atoms with Crippen LogP contribution in [0.5, 0.6) is 5.75 Å². The van der Waals surface area contributed by atoms with Gasteiger partial charge in [-0.15, -0.1) is 0 Å². The van der Waals surface area contributed by atoms with Gasteiger partial charge in [0.25, 0.3) is 0 Å². The summed E-state index contributed by atoms with van der Waals surface area (Å²) < 4.78 is 6.20. The first-order valence-electron chi connectivity index (χ1n) is 5.97. The molecule has 0 spiro atoms. The SMILES string of the molecule is COc1ccccc1CN(C(=N)N)c1cc(Br)ccn1. The Labute approximate surface area is 126 Å². The van der Waals surface area contributed by atoms with Crippen molar-refractivity contribution in [3.05, 3.63) is 52.6 Å². The lowest BCUT2D eigenvalue weighted by Crippen LogP contribution is -2.36. The van der Waals surface area contributed by atoms with Gasteiger partial charge in [-0.05, 0) is 18.2 Å². The second-order valence-corrected chi connectivity index (χ2v) is 5.03. The number of methoxy groups -OCH3 is 1. The molecule has 0 aliphatic rings. The van der Waals surface area contributed by atoms with E-state index >= 15 is 0 Å². The summed E-state index contributed by atoms with van der Waals surface area (Å²) in [7, 11) is 1.62. The summed E-state index contributed by atoms with van der Waals surface area (Å²) in [6.45, 7) is 0.419. The molecule has 104 valence electrons. The Morgan fingerprint density at radius 1 is 1.40 bits per heavy atom. The monoisotopic (exact) mass is 334 g/mol. The maximum Gasteiger partial charge on any atom is 0.194 e. The fourth-order valence-electron chi connectivity index (χ4n) is 1.83. The molecule has 0 fully saturated rings. The van der Waals surface area contributed by atoms with Crippen LogP contribution in [0.15, 0.2) is 47.1 Å². The van der Waals surface area contributed by atoms with Crippen molar-refractivity contribution in [2.45, 2.75) is 6.54 Å². The number of nitrogens with two attached hydrogens (primary N) is 1. The minimum atomic E-state index is -0.0680. The molecule has 0 saturated heterocycles. The molecular formula is C14H15BrN4O. The maximum absolute atomic E-state index is 7.74. The summed E-state index contributed by atoms with van der Waals surface area (Å²) >= 11 is 3.39. The second-order valence-electron chi connectivity index (χ2n) is 4.12. The third-order valence-corrected chi connectivity index (χ3v) is 3.29. The van der Waals surface area contributed by atoms with Crippen LogP contribution in [-0.2, 0) is 6.54 Å². The summed E-state index contributed by atoms with van der Waals surface area (Å²) in [5, 5.41) is 7.74. The third-order valence-electron chi connectivity index (χ3n) is 2.80. The number of para-hydroxylation sites is 1. The van der Waals surface area contributed by atoms with Crippen LogP contribution in [0.4, 0.5) is 5.82 Å². The van der Waals surface area contributed by atoms with Crippen LogP contribution in [0.25, 0.3) is 0 Å². The van der Waals surface area contributed by atoms with Crippen molar-refractivity contribution in [1.82, 2.24) is 4.98 Å². The van der Waals surface area contributed by atoms with Crippen molar-refractivity contribution in [1.29, 1.82) is 5.41 Å². The Morgan fingerprint density at radius 2 is 2.15 bits per heavy atom. The molecule has 6 heteroatoms. The zero-order valence-corrected chi connectivity index (χ0v) is 12.6. The zero-order valence-electron chi connectivity index (χ0n) is 11.0. The highest BCUT2D eigenvalue weighted by Crippen LogP contribution is 2.23. The first-order valence-corrected chi connectivity index (χ1v) is 6.76. The number of rotatable bonds is 4. The summed E-state index contributed by atoms with van der Waals surface area (Å²) in [5.74, 6) is 1.30. The molecule has 3 N–H and O–H groups in total. The molecule has 1 aromatic heterocycles. The number of pyridine rings is 1. The quantitative estimate of drug-likeness (QED) is 0.665. The van der Waals surface area contributed by atoms with Gasteiger partial charge in [-0.25, -0.2) is 4.98 Å². The first-order chi connectivity index (χ1) is 9.61. The number of guanidine groups is 1. The fraction of sp³-hybridized carbons (Fsp3) is 0.143. The number of hydrogen-bond donors (Lipinski definition) is 2. The van der Waals surface area contributed by atoms with Crippen LogP contribution in [0.2, 0.25) is 0 Å².